The smallest absolute Gasteiger partial charge is 0.416 e. The lowest BCUT2D eigenvalue weighted by Crippen LogP contribution is -2.10. The minimum Gasteiger partial charge on any atom is -0.493 e. The van der Waals surface area contributed by atoms with Crippen LogP contribution in [0.4, 0.5) is 24.7 Å². The first-order chi connectivity index (χ1) is 16.7. The van der Waals surface area contributed by atoms with E-state index in [1.54, 1.807) is 30.6 Å². The van der Waals surface area contributed by atoms with Crippen molar-refractivity contribution in [3.63, 3.8) is 0 Å². The van der Waals surface area contributed by atoms with Crippen LogP contribution >= 0.6 is 11.5 Å². The van der Waals surface area contributed by atoms with Gasteiger partial charge in [-0.15, -0.1) is 0 Å². The molecule has 0 spiro atoms. The van der Waals surface area contributed by atoms with Crippen LogP contribution in [0, 0.1) is 6.92 Å². The highest BCUT2D eigenvalue weighted by molar-refractivity contribution is 7.03. The number of nitrogens with zero attached hydrogens (tertiary/aromatic N) is 3. The molecule has 2 aromatic heterocycles. The molecule has 0 aliphatic rings. The summed E-state index contributed by atoms with van der Waals surface area (Å²) < 4.78 is 60.3. The first-order valence-corrected chi connectivity index (χ1v) is 11.3. The van der Waals surface area contributed by atoms with Crippen LogP contribution in [0.1, 0.15) is 17.0 Å². The number of nitrogen functional groups attached to an aromatic ring is 1. The third kappa shape index (κ3) is 6.01. The van der Waals surface area contributed by atoms with Gasteiger partial charge >= 0.3 is 6.18 Å². The monoisotopic (exact) mass is 505 g/mol. The SMILES string of the molecule is COc1cc2nc(C)nc(NCc3cc(N)cc(C(F)(F)F)c3)c2cc1OCCOc1cnsc1. The molecule has 0 atom stereocenters. The van der Waals surface area contributed by atoms with E-state index in [0.29, 0.717) is 52.0 Å². The highest BCUT2D eigenvalue weighted by Crippen LogP contribution is 2.35. The highest BCUT2D eigenvalue weighted by Gasteiger charge is 2.31. The fraction of sp³-hybridized carbons (Fsp3) is 0.261. The van der Waals surface area contributed by atoms with Gasteiger partial charge in [0, 0.05) is 23.7 Å². The van der Waals surface area contributed by atoms with Crippen LogP contribution in [-0.2, 0) is 12.7 Å². The quantitative estimate of drug-likeness (QED) is 0.240. The van der Waals surface area contributed by atoms with Gasteiger partial charge in [0.25, 0.3) is 0 Å². The van der Waals surface area contributed by atoms with Crippen LogP contribution in [0.2, 0.25) is 0 Å². The van der Waals surface area contributed by atoms with Gasteiger partial charge < -0.3 is 25.3 Å². The molecule has 184 valence electrons. The zero-order chi connectivity index (χ0) is 25.0. The van der Waals surface area contributed by atoms with Crippen LogP contribution in [0.5, 0.6) is 17.2 Å². The maximum Gasteiger partial charge on any atom is 0.416 e. The van der Waals surface area contributed by atoms with Crippen molar-refractivity contribution in [2.45, 2.75) is 19.6 Å². The van der Waals surface area contributed by atoms with E-state index in [1.165, 1.54) is 24.7 Å². The molecule has 0 saturated carbocycles. The maximum atomic E-state index is 13.2. The highest BCUT2D eigenvalue weighted by atomic mass is 32.1. The number of anilines is 2. The lowest BCUT2D eigenvalue weighted by Gasteiger charge is -2.15. The number of fused-ring (bicyclic) bond motifs is 1. The molecule has 12 heteroatoms. The number of aromatic nitrogens is 3. The van der Waals surface area contributed by atoms with E-state index in [1.807, 2.05) is 0 Å². The molecule has 0 unspecified atom stereocenters. The molecule has 0 aliphatic heterocycles. The molecule has 0 saturated heterocycles. The summed E-state index contributed by atoms with van der Waals surface area (Å²) in [4.78, 5) is 8.88. The average Bonchev–Trinajstić information content (AvgIpc) is 3.32. The molecule has 0 bridgehead atoms. The Hall–Kier alpha value is -3.80. The Labute approximate surface area is 203 Å². The molecule has 35 heavy (non-hydrogen) atoms. The largest absolute Gasteiger partial charge is 0.493 e. The fourth-order valence-electron chi connectivity index (χ4n) is 3.41. The van der Waals surface area contributed by atoms with E-state index in [9.17, 15) is 13.2 Å². The minimum atomic E-state index is -4.49. The van der Waals surface area contributed by atoms with E-state index in [0.717, 1.165) is 12.1 Å². The number of halogens is 3. The van der Waals surface area contributed by atoms with Crippen LogP contribution in [0.15, 0.2) is 41.9 Å². The summed E-state index contributed by atoms with van der Waals surface area (Å²) in [6, 6.07) is 6.89. The number of ether oxygens (including phenoxy) is 3. The summed E-state index contributed by atoms with van der Waals surface area (Å²) in [5.74, 6) is 2.51. The Bertz CT molecular complexity index is 1320. The average molecular weight is 506 g/mol. The van der Waals surface area contributed by atoms with Crippen molar-refractivity contribution >= 4 is 33.9 Å². The topological polar surface area (TPSA) is 104 Å². The van der Waals surface area contributed by atoms with Crippen molar-refractivity contribution in [1.82, 2.24) is 14.3 Å². The molecule has 0 fully saturated rings. The molecule has 8 nitrogen and oxygen atoms in total. The van der Waals surface area contributed by atoms with Crippen molar-refractivity contribution in [2.24, 2.45) is 0 Å². The third-order valence-electron chi connectivity index (χ3n) is 4.91. The molecule has 2 aromatic carbocycles. The number of rotatable bonds is 9. The Morgan fingerprint density at radius 2 is 1.83 bits per heavy atom. The Kier molecular flexibility index (Phi) is 7.10. The minimum absolute atomic E-state index is 0.0289. The van der Waals surface area contributed by atoms with E-state index >= 15 is 0 Å². The van der Waals surface area contributed by atoms with E-state index in [2.05, 4.69) is 19.7 Å². The molecule has 2 heterocycles. The Morgan fingerprint density at radius 3 is 2.54 bits per heavy atom. The second-order valence-electron chi connectivity index (χ2n) is 7.51. The lowest BCUT2D eigenvalue weighted by atomic mass is 10.1. The van der Waals surface area contributed by atoms with Gasteiger partial charge in [0.2, 0.25) is 0 Å². The summed E-state index contributed by atoms with van der Waals surface area (Å²) in [6.45, 7) is 2.34. The van der Waals surface area contributed by atoms with E-state index in [-0.39, 0.29) is 18.8 Å². The number of aryl methyl sites for hydroxylation is 1. The number of methoxy groups -OCH3 is 1. The summed E-state index contributed by atoms with van der Waals surface area (Å²) in [6.07, 6.45) is -2.87. The Morgan fingerprint density at radius 1 is 1.03 bits per heavy atom. The molecule has 3 N–H and O–H groups in total. The number of alkyl halides is 3. The first-order valence-electron chi connectivity index (χ1n) is 10.4. The summed E-state index contributed by atoms with van der Waals surface area (Å²) in [5.41, 5.74) is 5.86. The number of hydrogen-bond acceptors (Lipinski definition) is 9. The molecule has 4 rings (SSSR count). The summed E-state index contributed by atoms with van der Waals surface area (Å²) >= 11 is 1.29. The van der Waals surface area contributed by atoms with Gasteiger partial charge in [0.05, 0.1) is 29.8 Å². The summed E-state index contributed by atoms with van der Waals surface area (Å²) in [7, 11) is 1.52. The van der Waals surface area contributed by atoms with Crippen molar-refractivity contribution in [2.75, 3.05) is 31.4 Å². The van der Waals surface area contributed by atoms with Gasteiger partial charge in [0.15, 0.2) is 11.5 Å². The third-order valence-corrected chi connectivity index (χ3v) is 5.48. The van der Waals surface area contributed by atoms with E-state index in [4.69, 9.17) is 19.9 Å². The molecule has 0 amide bonds. The van der Waals surface area contributed by atoms with Crippen molar-refractivity contribution in [1.29, 1.82) is 0 Å². The first kappa shape index (κ1) is 24.3. The van der Waals surface area contributed by atoms with Gasteiger partial charge in [-0.05, 0) is 48.3 Å². The fourth-order valence-corrected chi connectivity index (χ4v) is 3.87. The zero-order valence-electron chi connectivity index (χ0n) is 18.8. The van der Waals surface area contributed by atoms with E-state index < -0.39 is 11.7 Å². The van der Waals surface area contributed by atoms with Crippen LogP contribution in [0.25, 0.3) is 10.9 Å². The molecule has 0 radical (unpaired) electrons. The van der Waals surface area contributed by atoms with Gasteiger partial charge in [0.1, 0.15) is 30.6 Å². The maximum absolute atomic E-state index is 13.2. The van der Waals surface area contributed by atoms with Crippen molar-refractivity contribution < 1.29 is 27.4 Å². The zero-order valence-corrected chi connectivity index (χ0v) is 19.7. The molecule has 4 aromatic rings. The normalized spacial score (nSPS) is 11.5. The number of nitrogens with one attached hydrogen (secondary N) is 1. The lowest BCUT2D eigenvalue weighted by molar-refractivity contribution is -0.137. The Balaban J connectivity index is 1.56. The van der Waals surface area contributed by atoms with Gasteiger partial charge in [-0.25, -0.2) is 9.97 Å². The van der Waals surface area contributed by atoms with Crippen molar-refractivity contribution in [3.8, 4) is 17.2 Å². The molecular weight excluding hydrogens is 483 g/mol. The number of nitrogens with two attached hydrogens (primary N) is 1. The van der Waals surface area contributed by atoms with Gasteiger partial charge in [-0.2, -0.15) is 17.5 Å². The second kappa shape index (κ2) is 10.2. The standard InChI is InChI=1S/C23H22F3N5O3S/c1-13-30-19-9-20(32-2)21(34-4-3-33-17-11-29-35-12-17)8-18(19)22(31-13)28-10-14-5-15(23(24,25)26)7-16(27)6-14/h5-9,11-12H,3-4,10,27H2,1-2H3,(H,28,30,31). The van der Waals surface area contributed by atoms with Crippen LogP contribution < -0.4 is 25.3 Å². The molecular formula is C23H22F3N5O3S. The predicted octanol–water partition coefficient (Wildman–Crippen LogP) is 5.07. The number of benzene rings is 2. The molecule has 0 aliphatic carbocycles. The second-order valence-corrected chi connectivity index (χ2v) is 8.17. The van der Waals surface area contributed by atoms with Gasteiger partial charge in [-0.1, -0.05) is 0 Å². The predicted molar refractivity (Wildman–Crippen MR) is 127 cm³/mol. The van der Waals surface area contributed by atoms with Crippen LogP contribution in [0.3, 0.4) is 0 Å². The van der Waals surface area contributed by atoms with Gasteiger partial charge in [-0.3, -0.25) is 0 Å². The summed E-state index contributed by atoms with van der Waals surface area (Å²) in [5, 5.41) is 5.50. The van der Waals surface area contributed by atoms with Crippen molar-refractivity contribution in [3.05, 3.63) is 58.9 Å². The number of hydrogen-bond donors (Lipinski definition) is 2. The van der Waals surface area contributed by atoms with Crippen LogP contribution in [-0.4, -0.2) is 34.7 Å².